The van der Waals surface area contributed by atoms with Crippen LogP contribution in [0.15, 0.2) is 18.2 Å². The SMILES string of the molecule is N#Cc1cc(NC(=O)[C@@H]2CC[C@H](C(=O)O)C2)ccc1Cl. The fourth-order valence-corrected chi connectivity index (χ4v) is 2.54. The van der Waals surface area contributed by atoms with Gasteiger partial charge in [0, 0.05) is 11.6 Å². The van der Waals surface area contributed by atoms with E-state index in [9.17, 15) is 9.59 Å². The minimum Gasteiger partial charge on any atom is -0.481 e. The number of carboxylic acids is 1. The standard InChI is InChI=1S/C14H13ClN2O3/c15-12-4-3-11(6-10(12)7-16)17-13(18)8-1-2-9(5-8)14(19)20/h3-4,6,8-9H,1-2,5H2,(H,17,18)(H,19,20)/t8-,9+/m1/s1. The van der Waals surface area contributed by atoms with E-state index in [1.807, 2.05) is 6.07 Å². The Labute approximate surface area is 121 Å². The molecule has 1 saturated carbocycles. The van der Waals surface area contributed by atoms with Crippen LogP contribution in [0.4, 0.5) is 5.69 Å². The normalized spacial score (nSPS) is 21.2. The summed E-state index contributed by atoms with van der Waals surface area (Å²) < 4.78 is 0. The predicted molar refractivity (Wildman–Crippen MR) is 73.3 cm³/mol. The average Bonchev–Trinajstić information content (AvgIpc) is 2.91. The van der Waals surface area contributed by atoms with Gasteiger partial charge in [-0.15, -0.1) is 0 Å². The van der Waals surface area contributed by atoms with Gasteiger partial charge in [-0.05, 0) is 37.5 Å². The van der Waals surface area contributed by atoms with Crippen molar-refractivity contribution in [1.82, 2.24) is 0 Å². The predicted octanol–water partition coefficient (Wildman–Crippen LogP) is 2.65. The molecule has 0 unspecified atom stereocenters. The molecule has 0 aliphatic heterocycles. The quantitative estimate of drug-likeness (QED) is 0.896. The van der Waals surface area contributed by atoms with Gasteiger partial charge in [0.2, 0.25) is 5.91 Å². The van der Waals surface area contributed by atoms with E-state index >= 15 is 0 Å². The first kappa shape index (κ1) is 14.4. The molecule has 0 aromatic heterocycles. The van der Waals surface area contributed by atoms with Crippen molar-refractivity contribution in [3.8, 4) is 6.07 Å². The van der Waals surface area contributed by atoms with Crippen LogP contribution >= 0.6 is 11.6 Å². The fourth-order valence-electron chi connectivity index (χ4n) is 2.38. The minimum atomic E-state index is -0.849. The monoisotopic (exact) mass is 292 g/mol. The van der Waals surface area contributed by atoms with Crippen LogP contribution in [0.1, 0.15) is 24.8 Å². The van der Waals surface area contributed by atoms with E-state index in [-0.39, 0.29) is 11.8 Å². The van der Waals surface area contributed by atoms with E-state index < -0.39 is 11.9 Å². The highest BCUT2D eigenvalue weighted by Crippen LogP contribution is 2.32. The number of nitrogens with zero attached hydrogens (tertiary/aromatic N) is 1. The Bertz CT molecular complexity index is 595. The molecule has 1 aromatic rings. The summed E-state index contributed by atoms with van der Waals surface area (Å²) in [5.74, 6) is -1.79. The van der Waals surface area contributed by atoms with Crippen molar-refractivity contribution in [3.05, 3.63) is 28.8 Å². The number of carboxylic acid groups (broad SMARTS) is 1. The maximum Gasteiger partial charge on any atom is 0.306 e. The number of hydrogen-bond donors (Lipinski definition) is 2. The van der Waals surface area contributed by atoms with Gasteiger partial charge in [0.1, 0.15) is 6.07 Å². The maximum atomic E-state index is 12.0. The highest BCUT2D eigenvalue weighted by atomic mass is 35.5. The van der Waals surface area contributed by atoms with Crippen LogP contribution in [0.3, 0.4) is 0 Å². The number of benzene rings is 1. The van der Waals surface area contributed by atoms with Crippen molar-refractivity contribution in [2.75, 3.05) is 5.32 Å². The first-order chi connectivity index (χ1) is 9.51. The molecule has 5 nitrogen and oxygen atoms in total. The zero-order valence-electron chi connectivity index (χ0n) is 10.6. The second-order valence-corrected chi connectivity index (χ2v) is 5.25. The zero-order chi connectivity index (χ0) is 14.7. The lowest BCUT2D eigenvalue weighted by Gasteiger charge is -2.11. The Morgan fingerprint density at radius 1 is 1.35 bits per heavy atom. The van der Waals surface area contributed by atoms with Gasteiger partial charge in [-0.3, -0.25) is 9.59 Å². The summed E-state index contributed by atoms with van der Waals surface area (Å²) in [6.45, 7) is 0. The molecular weight excluding hydrogens is 280 g/mol. The molecule has 104 valence electrons. The van der Waals surface area contributed by atoms with E-state index in [0.717, 1.165) is 0 Å². The number of hydrogen-bond acceptors (Lipinski definition) is 3. The number of carbonyl (C=O) groups is 2. The Morgan fingerprint density at radius 3 is 2.65 bits per heavy atom. The van der Waals surface area contributed by atoms with Crippen LogP contribution in [0.2, 0.25) is 5.02 Å². The minimum absolute atomic E-state index is 0.208. The molecule has 1 aliphatic carbocycles. The number of halogens is 1. The van der Waals surface area contributed by atoms with Gasteiger partial charge < -0.3 is 10.4 Å². The molecule has 1 fully saturated rings. The highest BCUT2D eigenvalue weighted by Gasteiger charge is 2.33. The van der Waals surface area contributed by atoms with Crippen LogP contribution in [-0.4, -0.2) is 17.0 Å². The van der Waals surface area contributed by atoms with E-state index in [1.54, 1.807) is 12.1 Å². The number of amides is 1. The molecular formula is C14H13ClN2O3. The van der Waals surface area contributed by atoms with Crippen molar-refractivity contribution in [2.24, 2.45) is 11.8 Å². The molecule has 1 amide bonds. The molecule has 0 radical (unpaired) electrons. The summed E-state index contributed by atoms with van der Waals surface area (Å²) >= 11 is 5.81. The number of rotatable bonds is 3. The molecule has 0 heterocycles. The molecule has 0 bridgehead atoms. The molecule has 0 saturated heterocycles. The molecule has 2 rings (SSSR count). The van der Waals surface area contributed by atoms with E-state index in [4.69, 9.17) is 22.0 Å². The second kappa shape index (κ2) is 5.93. The lowest BCUT2D eigenvalue weighted by Crippen LogP contribution is -2.21. The summed E-state index contributed by atoms with van der Waals surface area (Å²) in [5.41, 5.74) is 0.786. The van der Waals surface area contributed by atoms with E-state index in [0.29, 0.717) is 35.5 Å². The summed E-state index contributed by atoms with van der Waals surface area (Å²) in [5, 5.41) is 20.8. The van der Waals surface area contributed by atoms with E-state index in [1.165, 1.54) is 6.07 Å². The molecule has 2 N–H and O–H groups in total. The van der Waals surface area contributed by atoms with Crippen LogP contribution in [0, 0.1) is 23.2 Å². The van der Waals surface area contributed by atoms with Crippen molar-refractivity contribution in [2.45, 2.75) is 19.3 Å². The third-order valence-electron chi connectivity index (χ3n) is 3.51. The van der Waals surface area contributed by atoms with Gasteiger partial charge in [0.25, 0.3) is 0 Å². The van der Waals surface area contributed by atoms with Gasteiger partial charge in [0.05, 0.1) is 16.5 Å². The zero-order valence-corrected chi connectivity index (χ0v) is 11.4. The van der Waals surface area contributed by atoms with Crippen LogP contribution in [-0.2, 0) is 9.59 Å². The van der Waals surface area contributed by atoms with Crippen LogP contribution in [0.5, 0.6) is 0 Å². The van der Waals surface area contributed by atoms with E-state index in [2.05, 4.69) is 5.32 Å². The van der Waals surface area contributed by atoms with Crippen LogP contribution < -0.4 is 5.32 Å². The molecule has 0 spiro atoms. The Hall–Kier alpha value is -2.06. The highest BCUT2D eigenvalue weighted by molar-refractivity contribution is 6.31. The third kappa shape index (κ3) is 3.09. The van der Waals surface area contributed by atoms with Crippen LogP contribution in [0.25, 0.3) is 0 Å². The summed E-state index contributed by atoms with van der Waals surface area (Å²) in [7, 11) is 0. The number of nitriles is 1. The first-order valence-electron chi connectivity index (χ1n) is 6.24. The van der Waals surface area contributed by atoms with Crippen molar-refractivity contribution in [1.29, 1.82) is 5.26 Å². The number of carbonyl (C=O) groups excluding carboxylic acids is 1. The average molecular weight is 293 g/mol. The largest absolute Gasteiger partial charge is 0.481 e. The molecule has 1 aliphatic rings. The van der Waals surface area contributed by atoms with Crippen molar-refractivity contribution in [3.63, 3.8) is 0 Å². The molecule has 1 aromatic carbocycles. The Kier molecular flexibility index (Phi) is 4.26. The molecule has 2 atom stereocenters. The molecule has 20 heavy (non-hydrogen) atoms. The van der Waals surface area contributed by atoms with Gasteiger partial charge in [-0.2, -0.15) is 5.26 Å². The first-order valence-corrected chi connectivity index (χ1v) is 6.62. The number of nitrogens with one attached hydrogen (secondary N) is 1. The fraction of sp³-hybridized carbons (Fsp3) is 0.357. The summed E-state index contributed by atoms with van der Waals surface area (Å²) in [6.07, 6.45) is 1.46. The van der Waals surface area contributed by atoms with Gasteiger partial charge in [-0.25, -0.2) is 0 Å². The Morgan fingerprint density at radius 2 is 2.05 bits per heavy atom. The Balaban J connectivity index is 2.02. The van der Waals surface area contributed by atoms with Gasteiger partial charge in [-0.1, -0.05) is 11.6 Å². The number of aliphatic carboxylic acids is 1. The second-order valence-electron chi connectivity index (χ2n) is 4.84. The topological polar surface area (TPSA) is 90.2 Å². The third-order valence-corrected chi connectivity index (χ3v) is 3.84. The van der Waals surface area contributed by atoms with Gasteiger partial charge >= 0.3 is 5.97 Å². The maximum absolute atomic E-state index is 12.0. The number of anilines is 1. The lowest BCUT2D eigenvalue weighted by atomic mass is 10.0. The van der Waals surface area contributed by atoms with Crippen molar-refractivity contribution >= 4 is 29.2 Å². The summed E-state index contributed by atoms with van der Waals surface area (Å²) in [4.78, 5) is 22.9. The summed E-state index contributed by atoms with van der Waals surface area (Å²) in [6, 6.07) is 6.61. The lowest BCUT2D eigenvalue weighted by molar-refractivity contribution is -0.141. The van der Waals surface area contributed by atoms with Crippen molar-refractivity contribution < 1.29 is 14.7 Å². The molecule has 6 heteroatoms. The van der Waals surface area contributed by atoms with Gasteiger partial charge in [0.15, 0.2) is 0 Å². The smallest absolute Gasteiger partial charge is 0.306 e.